The molecule has 1 heterocycles. The molecule has 11 heteroatoms. The molecule has 0 aliphatic rings. The summed E-state index contributed by atoms with van der Waals surface area (Å²) in [5.74, 6) is -0.158. The third-order valence-electron chi connectivity index (χ3n) is 3.79. The molecule has 1 aromatic carbocycles. The summed E-state index contributed by atoms with van der Waals surface area (Å²) in [5.41, 5.74) is 0.452. The first-order chi connectivity index (χ1) is 14.2. The zero-order valence-corrected chi connectivity index (χ0v) is 17.0. The second kappa shape index (κ2) is 9.92. The zero-order chi connectivity index (χ0) is 22.3. The topological polar surface area (TPSA) is 83.2 Å². The lowest BCUT2D eigenvalue weighted by molar-refractivity contribution is -0.274. The summed E-state index contributed by atoms with van der Waals surface area (Å²) in [7, 11) is 1.67. The van der Waals surface area contributed by atoms with Gasteiger partial charge in [-0.25, -0.2) is 0 Å². The number of rotatable bonds is 7. The van der Waals surface area contributed by atoms with Crippen molar-refractivity contribution in [1.29, 1.82) is 0 Å². The molecular weight excluding hydrogens is 419 g/mol. The van der Waals surface area contributed by atoms with Crippen molar-refractivity contribution >= 4 is 33.9 Å². The van der Waals surface area contributed by atoms with Crippen molar-refractivity contribution in [3.63, 3.8) is 0 Å². The Morgan fingerprint density at radius 1 is 1.37 bits per heavy atom. The van der Waals surface area contributed by atoms with E-state index in [1.54, 1.807) is 38.3 Å². The molecule has 0 saturated heterocycles. The number of nitrogens with one attached hydrogen (secondary N) is 2. The molecule has 0 spiro atoms. The van der Waals surface area contributed by atoms with Gasteiger partial charge in [0.25, 0.3) is 0 Å². The van der Waals surface area contributed by atoms with Crippen LogP contribution in [0.15, 0.2) is 65.1 Å². The van der Waals surface area contributed by atoms with Gasteiger partial charge in [-0.1, -0.05) is 24.8 Å². The predicted molar refractivity (Wildman–Crippen MR) is 113 cm³/mol. The van der Waals surface area contributed by atoms with E-state index in [0.717, 1.165) is 12.1 Å². The molecule has 0 amide bonds. The van der Waals surface area contributed by atoms with Crippen LogP contribution in [-0.2, 0) is 6.54 Å². The zero-order valence-electron chi connectivity index (χ0n) is 16.2. The van der Waals surface area contributed by atoms with Gasteiger partial charge in [-0.2, -0.15) is 0 Å². The molecule has 30 heavy (non-hydrogen) atoms. The number of thiocarbonyl (C=S) groups is 1. The largest absolute Gasteiger partial charge is 0.573 e. The molecule has 160 valence electrons. The average Bonchev–Trinajstić information content (AvgIpc) is 2.94. The Morgan fingerprint density at radius 3 is 2.70 bits per heavy atom. The van der Waals surface area contributed by atoms with E-state index >= 15 is 0 Å². The maximum Gasteiger partial charge on any atom is 0.573 e. The lowest BCUT2D eigenvalue weighted by Gasteiger charge is -2.09. The maximum atomic E-state index is 12.5. The molecule has 0 atom stereocenters. The molecule has 0 aliphatic heterocycles. The van der Waals surface area contributed by atoms with Crippen LogP contribution >= 0.6 is 12.2 Å². The highest BCUT2D eigenvalue weighted by Crippen LogP contribution is 2.41. The first kappa shape index (κ1) is 22.9. The fourth-order valence-corrected chi connectivity index (χ4v) is 2.72. The highest BCUT2D eigenvalue weighted by atomic mass is 32.1. The van der Waals surface area contributed by atoms with E-state index in [0.29, 0.717) is 17.9 Å². The van der Waals surface area contributed by atoms with Crippen LogP contribution in [0.25, 0.3) is 10.9 Å². The Labute approximate surface area is 176 Å². The number of allylic oxidation sites excluding steroid dienone is 4. The number of ether oxygens (including phenoxy) is 1. The summed E-state index contributed by atoms with van der Waals surface area (Å²) in [4.78, 5) is 0. The van der Waals surface area contributed by atoms with Gasteiger partial charge in [0.15, 0.2) is 5.69 Å². The summed E-state index contributed by atoms with van der Waals surface area (Å²) in [6, 6.07) is 3.71. The van der Waals surface area contributed by atoms with Gasteiger partial charge >= 0.3 is 6.36 Å². The quantitative estimate of drug-likeness (QED) is 0.320. The van der Waals surface area contributed by atoms with Crippen LogP contribution in [0.4, 0.5) is 18.9 Å². The first-order valence-corrected chi connectivity index (χ1v) is 9.11. The molecule has 0 bridgehead atoms. The van der Waals surface area contributed by atoms with E-state index in [4.69, 9.17) is 12.2 Å². The van der Waals surface area contributed by atoms with Crippen molar-refractivity contribution in [3.05, 3.63) is 54.9 Å². The minimum Gasteiger partial charge on any atom is -0.493 e. The van der Waals surface area contributed by atoms with Crippen molar-refractivity contribution in [2.45, 2.75) is 19.8 Å². The van der Waals surface area contributed by atoms with Gasteiger partial charge in [-0.05, 0) is 43.4 Å². The first-order valence-electron chi connectivity index (χ1n) is 8.71. The van der Waals surface area contributed by atoms with Gasteiger partial charge in [0, 0.05) is 19.0 Å². The molecule has 1 aromatic heterocycles. The highest BCUT2D eigenvalue weighted by molar-refractivity contribution is 7.80. The Balaban J connectivity index is 2.37. The monoisotopic (exact) mass is 439 g/mol. The third-order valence-corrected chi connectivity index (χ3v) is 3.98. The minimum absolute atomic E-state index is 0.0230. The molecule has 7 nitrogen and oxygen atoms in total. The van der Waals surface area contributed by atoms with Crippen LogP contribution in [0, 0.1) is 0 Å². The Bertz CT molecular complexity index is 1030. The molecule has 0 saturated carbocycles. The van der Waals surface area contributed by atoms with E-state index in [2.05, 4.69) is 32.2 Å². The molecule has 0 fully saturated rings. The summed E-state index contributed by atoms with van der Waals surface area (Å²) in [6.07, 6.45) is 1.87. The molecule has 0 unspecified atom stereocenters. The minimum atomic E-state index is -4.84. The maximum absolute atomic E-state index is 12.5. The summed E-state index contributed by atoms with van der Waals surface area (Å²) in [5, 5.41) is 24.1. The lowest BCUT2D eigenvalue weighted by atomic mass is 10.2. The average molecular weight is 439 g/mol. The molecule has 0 radical (unpaired) electrons. The number of azo groups is 1. The van der Waals surface area contributed by atoms with Gasteiger partial charge in [0.05, 0.1) is 5.52 Å². The molecule has 2 aromatic rings. The Hall–Kier alpha value is -3.34. The number of aryl methyl sites for hydroxylation is 1. The number of hydrogen-bond acceptors (Lipinski definition) is 5. The molecule has 0 aliphatic carbocycles. The van der Waals surface area contributed by atoms with Gasteiger partial charge in [-0.15, -0.1) is 23.4 Å². The fraction of sp³-hybridized carbons (Fsp3) is 0.211. The highest BCUT2D eigenvalue weighted by Gasteiger charge is 2.31. The van der Waals surface area contributed by atoms with Crippen LogP contribution < -0.4 is 15.4 Å². The molecular formula is C19H20F3N5O2S. The van der Waals surface area contributed by atoms with Crippen molar-refractivity contribution < 1.29 is 23.0 Å². The van der Waals surface area contributed by atoms with E-state index in [1.807, 2.05) is 0 Å². The molecule has 3 N–H and O–H groups in total. The number of aromatic nitrogens is 1. The summed E-state index contributed by atoms with van der Waals surface area (Å²) >= 11 is 5.11. The third kappa shape index (κ3) is 5.83. The van der Waals surface area contributed by atoms with Crippen LogP contribution in [0.5, 0.6) is 11.6 Å². The van der Waals surface area contributed by atoms with E-state index in [9.17, 15) is 18.3 Å². The summed E-state index contributed by atoms with van der Waals surface area (Å²) in [6.45, 7) is 5.70. The van der Waals surface area contributed by atoms with Crippen LogP contribution in [-0.4, -0.2) is 28.2 Å². The number of nitrogens with zero attached hydrogens (tertiary/aromatic N) is 3. The van der Waals surface area contributed by atoms with Gasteiger partial charge < -0.3 is 25.0 Å². The number of hydrogen-bond donors (Lipinski definition) is 3. The normalized spacial score (nSPS) is 12.6. The van der Waals surface area contributed by atoms with Crippen molar-refractivity contribution in [2.24, 2.45) is 10.2 Å². The van der Waals surface area contributed by atoms with Crippen molar-refractivity contribution in [3.8, 4) is 11.6 Å². The second-order valence-corrected chi connectivity index (χ2v) is 6.11. The number of benzene rings is 1. The van der Waals surface area contributed by atoms with Crippen molar-refractivity contribution in [2.75, 3.05) is 7.05 Å². The number of aromatic hydroxyl groups is 1. The van der Waals surface area contributed by atoms with Gasteiger partial charge in [0.2, 0.25) is 11.0 Å². The number of alkyl halides is 3. The Morgan fingerprint density at radius 2 is 2.10 bits per heavy atom. The van der Waals surface area contributed by atoms with Crippen LogP contribution in [0.3, 0.4) is 0 Å². The van der Waals surface area contributed by atoms with Crippen molar-refractivity contribution in [1.82, 2.24) is 15.2 Å². The van der Waals surface area contributed by atoms with Gasteiger partial charge in [-0.3, -0.25) is 0 Å². The SMILES string of the molecule is C=C/C=C\C=C(/NC)NC(=S)N=Nc1c(O)n(CC)c2ccc(OC(F)(F)F)cc12. The predicted octanol–water partition coefficient (Wildman–Crippen LogP) is 5.03. The standard InChI is InChI=1S/C19H20F3N5O2S/c1-4-6-7-8-15(23-3)24-18(30)26-25-16-13-11-12(29-19(20,21)22)9-10-14(13)27(5-2)17(16)28/h4,6-11,23,28H,1,5H2,2-3H3,(H,24,30)/b7-6-,15-8+,26-25?. The lowest BCUT2D eigenvalue weighted by Crippen LogP contribution is -2.26. The Kier molecular flexibility index (Phi) is 7.59. The summed E-state index contributed by atoms with van der Waals surface area (Å²) < 4.78 is 43.1. The van der Waals surface area contributed by atoms with E-state index in [-0.39, 0.29) is 22.1 Å². The molecule has 2 rings (SSSR count). The van der Waals surface area contributed by atoms with Crippen LogP contribution in [0.1, 0.15) is 6.92 Å². The fourth-order valence-electron chi connectivity index (χ4n) is 2.57. The van der Waals surface area contributed by atoms with Gasteiger partial charge in [0.1, 0.15) is 11.6 Å². The van der Waals surface area contributed by atoms with E-state index in [1.165, 1.54) is 10.6 Å². The second-order valence-electron chi connectivity index (χ2n) is 5.72. The number of fused-ring (bicyclic) bond motifs is 1. The van der Waals surface area contributed by atoms with Crippen LogP contribution in [0.2, 0.25) is 0 Å². The van der Waals surface area contributed by atoms with E-state index < -0.39 is 12.1 Å². The number of halogens is 3. The smallest absolute Gasteiger partial charge is 0.493 e.